The summed E-state index contributed by atoms with van der Waals surface area (Å²) in [5, 5.41) is 3.67. The molecule has 1 N–H and O–H groups in total. The van der Waals surface area contributed by atoms with Crippen molar-refractivity contribution in [1.82, 2.24) is 10.2 Å². The standard InChI is InChI=1S/C18H30N2/c1-16(2)19-14-18(11-7-8-12-18)15-20(3)13-17-9-5-4-6-10-17/h4-6,9-10,16,19H,7-8,11-15H2,1-3H3. The van der Waals surface area contributed by atoms with Gasteiger partial charge in [0.2, 0.25) is 0 Å². The first-order valence-corrected chi connectivity index (χ1v) is 8.06. The highest BCUT2D eigenvalue weighted by atomic mass is 15.1. The van der Waals surface area contributed by atoms with Crippen molar-refractivity contribution in [1.29, 1.82) is 0 Å². The number of hydrogen-bond acceptors (Lipinski definition) is 2. The maximum absolute atomic E-state index is 3.67. The van der Waals surface area contributed by atoms with E-state index in [1.807, 2.05) is 0 Å². The second kappa shape index (κ2) is 7.24. The zero-order valence-corrected chi connectivity index (χ0v) is 13.4. The summed E-state index contributed by atoms with van der Waals surface area (Å²) in [5.41, 5.74) is 1.91. The Bertz CT molecular complexity index is 380. The van der Waals surface area contributed by atoms with E-state index in [4.69, 9.17) is 0 Å². The minimum atomic E-state index is 0.494. The summed E-state index contributed by atoms with van der Waals surface area (Å²) in [5.74, 6) is 0. The van der Waals surface area contributed by atoms with Gasteiger partial charge in [-0.2, -0.15) is 0 Å². The van der Waals surface area contributed by atoms with Gasteiger partial charge in [-0.1, -0.05) is 57.0 Å². The van der Waals surface area contributed by atoms with Crippen LogP contribution in [0.25, 0.3) is 0 Å². The third-order valence-corrected chi connectivity index (χ3v) is 4.45. The van der Waals surface area contributed by atoms with Crippen LogP contribution in [0.2, 0.25) is 0 Å². The Labute approximate surface area is 124 Å². The van der Waals surface area contributed by atoms with Crippen LogP contribution in [0.5, 0.6) is 0 Å². The molecular weight excluding hydrogens is 244 g/mol. The number of nitrogens with zero attached hydrogens (tertiary/aromatic N) is 1. The molecule has 0 atom stereocenters. The Morgan fingerprint density at radius 2 is 1.80 bits per heavy atom. The fraction of sp³-hybridized carbons (Fsp3) is 0.667. The lowest BCUT2D eigenvalue weighted by Crippen LogP contribution is -2.43. The van der Waals surface area contributed by atoms with Crippen molar-refractivity contribution in [2.75, 3.05) is 20.1 Å². The Kier molecular flexibility index (Phi) is 5.62. The molecular formula is C18H30N2. The van der Waals surface area contributed by atoms with Gasteiger partial charge in [0.15, 0.2) is 0 Å². The minimum absolute atomic E-state index is 0.494. The van der Waals surface area contributed by atoms with E-state index < -0.39 is 0 Å². The number of rotatable bonds is 7. The van der Waals surface area contributed by atoms with Crippen LogP contribution in [0.4, 0.5) is 0 Å². The monoisotopic (exact) mass is 274 g/mol. The van der Waals surface area contributed by atoms with Gasteiger partial charge in [0.1, 0.15) is 0 Å². The van der Waals surface area contributed by atoms with E-state index in [9.17, 15) is 0 Å². The van der Waals surface area contributed by atoms with Gasteiger partial charge in [-0.05, 0) is 30.9 Å². The first kappa shape index (κ1) is 15.5. The van der Waals surface area contributed by atoms with Gasteiger partial charge in [0.25, 0.3) is 0 Å². The molecule has 0 heterocycles. The Morgan fingerprint density at radius 1 is 1.15 bits per heavy atom. The second-order valence-corrected chi connectivity index (χ2v) is 6.90. The molecule has 20 heavy (non-hydrogen) atoms. The molecule has 0 aromatic heterocycles. The van der Waals surface area contributed by atoms with E-state index in [2.05, 4.69) is 61.4 Å². The fourth-order valence-electron chi connectivity index (χ4n) is 3.46. The molecule has 0 radical (unpaired) electrons. The lowest BCUT2D eigenvalue weighted by molar-refractivity contribution is 0.164. The summed E-state index contributed by atoms with van der Waals surface area (Å²) in [6.07, 6.45) is 5.57. The summed E-state index contributed by atoms with van der Waals surface area (Å²) < 4.78 is 0. The van der Waals surface area contributed by atoms with Crippen molar-refractivity contribution >= 4 is 0 Å². The van der Waals surface area contributed by atoms with Crippen LogP contribution in [0.1, 0.15) is 45.1 Å². The highest BCUT2D eigenvalue weighted by Gasteiger charge is 2.34. The van der Waals surface area contributed by atoms with Crippen LogP contribution in [-0.2, 0) is 6.54 Å². The predicted molar refractivity (Wildman–Crippen MR) is 86.8 cm³/mol. The van der Waals surface area contributed by atoms with Crippen LogP contribution >= 0.6 is 0 Å². The van der Waals surface area contributed by atoms with E-state index in [-0.39, 0.29) is 0 Å². The van der Waals surface area contributed by atoms with Gasteiger partial charge in [0, 0.05) is 25.7 Å². The van der Waals surface area contributed by atoms with Crippen LogP contribution < -0.4 is 5.32 Å². The van der Waals surface area contributed by atoms with E-state index in [0.717, 1.165) is 6.54 Å². The summed E-state index contributed by atoms with van der Waals surface area (Å²) in [6, 6.07) is 11.4. The molecule has 1 saturated carbocycles. The molecule has 0 unspecified atom stereocenters. The number of benzene rings is 1. The Hall–Kier alpha value is -0.860. The second-order valence-electron chi connectivity index (χ2n) is 6.90. The van der Waals surface area contributed by atoms with Crippen molar-refractivity contribution < 1.29 is 0 Å². The average molecular weight is 274 g/mol. The molecule has 0 bridgehead atoms. The van der Waals surface area contributed by atoms with Gasteiger partial charge in [0.05, 0.1) is 0 Å². The first-order valence-electron chi connectivity index (χ1n) is 8.06. The molecule has 2 heteroatoms. The summed E-state index contributed by atoms with van der Waals surface area (Å²) in [6.45, 7) is 7.93. The van der Waals surface area contributed by atoms with E-state index >= 15 is 0 Å². The molecule has 1 aromatic carbocycles. The molecule has 1 aliphatic rings. The van der Waals surface area contributed by atoms with Gasteiger partial charge in [-0.15, -0.1) is 0 Å². The lowest BCUT2D eigenvalue weighted by atomic mass is 9.85. The topological polar surface area (TPSA) is 15.3 Å². The van der Waals surface area contributed by atoms with Crippen LogP contribution in [-0.4, -0.2) is 31.1 Å². The summed E-state index contributed by atoms with van der Waals surface area (Å²) in [4.78, 5) is 2.50. The molecule has 0 aliphatic heterocycles. The van der Waals surface area contributed by atoms with Gasteiger partial charge < -0.3 is 10.2 Å². The zero-order valence-electron chi connectivity index (χ0n) is 13.4. The summed E-state index contributed by atoms with van der Waals surface area (Å²) >= 11 is 0. The molecule has 1 aromatic rings. The lowest BCUT2D eigenvalue weighted by Gasteiger charge is -2.34. The van der Waals surface area contributed by atoms with Crippen LogP contribution in [0, 0.1) is 5.41 Å². The predicted octanol–water partition coefficient (Wildman–Crippen LogP) is 3.68. The molecule has 0 spiro atoms. The third-order valence-electron chi connectivity index (χ3n) is 4.45. The normalized spacial score (nSPS) is 18.1. The minimum Gasteiger partial charge on any atom is -0.314 e. The largest absolute Gasteiger partial charge is 0.314 e. The van der Waals surface area contributed by atoms with Crippen molar-refractivity contribution in [3.05, 3.63) is 35.9 Å². The number of hydrogen-bond donors (Lipinski definition) is 1. The van der Waals surface area contributed by atoms with E-state index in [0.29, 0.717) is 11.5 Å². The molecule has 1 aliphatic carbocycles. The fourth-order valence-corrected chi connectivity index (χ4v) is 3.46. The van der Waals surface area contributed by atoms with Crippen molar-refractivity contribution in [3.63, 3.8) is 0 Å². The SMILES string of the molecule is CC(C)NCC1(CN(C)Cc2ccccc2)CCCC1. The smallest absolute Gasteiger partial charge is 0.0230 e. The number of nitrogens with one attached hydrogen (secondary N) is 1. The first-order chi connectivity index (χ1) is 9.60. The maximum atomic E-state index is 3.67. The molecule has 2 nitrogen and oxygen atoms in total. The molecule has 0 amide bonds. The third kappa shape index (κ3) is 4.60. The van der Waals surface area contributed by atoms with E-state index in [1.165, 1.54) is 44.3 Å². The van der Waals surface area contributed by atoms with Crippen LogP contribution in [0.15, 0.2) is 30.3 Å². The molecule has 0 saturated heterocycles. The highest BCUT2D eigenvalue weighted by Crippen LogP contribution is 2.38. The van der Waals surface area contributed by atoms with Crippen LogP contribution in [0.3, 0.4) is 0 Å². The van der Waals surface area contributed by atoms with Gasteiger partial charge in [-0.25, -0.2) is 0 Å². The highest BCUT2D eigenvalue weighted by molar-refractivity contribution is 5.14. The maximum Gasteiger partial charge on any atom is 0.0230 e. The molecule has 2 rings (SSSR count). The molecule has 1 fully saturated rings. The van der Waals surface area contributed by atoms with E-state index in [1.54, 1.807) is 0 Å². The van der Waals surface area contributed by atoms with Gasteiger partial charge >= 0.3 is 0 Å². The van der Waals surface area contributed by atoms with Crippen molar-refractivity contribution in [2.24, 2.45) is 5.41 Å². The average Bonchev–Trinajstić information content (AvgIpc) is 2.86. The van der Waals surface area contributed by atoms with Crippen molar-refractivity contribution in [2.45, 2.75) is 52.1 Å². The Morgan fingerprint density at radius 3 is 2.40 bits per heavy atom. The van der Waals surface area contributed by atoms with Crippen molar-refractivity contribution in [3.8, 4) is 0 Å². The Balaban J connectivity index is 1.90. The summed E-state index contributed by atoms with van der Waals surface area (Å²) in [7, 11) is 2.27. The van der Waals surface area contributed by atoms with Gasteiger partial charge in [-0.3, -0.25) is 0 Å². The quantitative estimate of drug-likeness (QED) is 0.816. The molecule has 112 valence electrons. The zero-order chi connectivity index (χ0) is 14.4.